The fraction of sp³-hybridized carbons (Fsp3) is 0.743. The van der Waals surface area contributed by atoms with Crippen LogP contribution < -0.4 is 15.4 Å². The predicted molar refractivity (Wildman–Crippen MR) is 181 cm³/mol. The lowest BCUT2D eigenvalue weighted by Crippen LogP contribution is -2.59. The van der Waals surface area contributed by atoms with Crippen LogP contribution >= 0.6 is 0 Å². The van der Waals surface area contributed by atoms with Gasteiger partial charge in [0, 0.05) is 31.4 Å². The summed E-state index contributed by atoms with van der Waals surface area (Å²) in [6.45, 7) is 2.40. The summed E-state index contributed by atoms with van der Waals surface area (Å²) in [6.07, 6.45) is -9.07. The highest BCUT2D eigenvalue weighted by Gasteiger charge is 2.69. The number of ether oxygens (including phenoxy) is 1. The second-order valence-corrected chi connectivity index (χ2v) is 17.7. The van der Waals surface area contributed by atoms with E-state index in [0.29, 0.717) is 18.4 Å². The van der Waals surface area contributed by atoms with Gasteiger partial charge >= 0.3 is 12.3 Å². The van der Waals surface area contributed by atoms with Gasteiger partial charge in [-0.2, -0.15) is 13.2 Å². The number of fused-ring (bicyclic) bond motifs is 2. The van der Waals surface area contributed by atoms with E-state index in [2.05, 4.69) is 5.32 Å². The van der Waals surface area contributed by atoms with Crippen molar-refractivity contribution in [2.45, 2.75) is 132 Å². The summed E-state index contributed by atoms with van der Waals surface area (Å²) in [7, 11) is -4.08. The van der Waals surface area contributed by atoms with Crippen LogP contribution in [0.1, 0.15) is 90.9 Å². The van der Waals surface area contributed by atoms with Crippen LogP contribution in [0.3, 0.4) is 0 Å². The van der Waals surface area contributed by atoms with E-state index in [1.807, 2.05) is 10.0 Å². The van der Waals surface area contributed by atoms with Crippen LogP contribution in [-0.2, 0) is 33.9 Å². The minimum Gasteiger partial charge on any atom is -0.444 e. The molecule has 6 aliphatic rings. The number of alkyl halides is 5. The van der Waals surface area contributed by atoms with Gasteiger partial charge in [0.25, 0.3) is 5.91 Å². The Morgan fingerprint density at radius 1 is 0.982 bits per heavy atom. The smallest absolute Gasteiger partial charge is 0.410 e. The van der Waals surface area contributed by atoms with E-state index in [4.69, 9.17) is 4.74 Å². The third-order valence-electron chi connectivity index (χ3n) is 11.7. The molecule has 5 atom stereocenters. The number of carbonyl (C=O) groups excluding carboxylic acids is 5. The van der Waals surface area contributed by atoms with Crippen LogP contribution in [0.4, 0.5) is 31.1 Å². The minimum absolute atomic E-state index is 0.000758. The molecule has 0 spiro atoms. The van der Waals surface area contributed by atoms with Crippen LogP contribution in [-0.4, -0.2) is 109 Å². The first-order valence-corrected chi connectivity index (χ1v) is 20.1. The summed E-state index contributed by atoms with van der Waals surface area (Å²) in [5, 5.41) is 3.85. The van der Waals surface area contributed by atoms with Gasteiger partial charge in [-0.3, -0.25) is 28.8 Å². The van der Waals surface area contributed by atoms with Crippen molar-refractivity contribution >= 4 is 39.7 Å². The van der Waals surface area contributed by atoms with Crippen molar-refractivity contribution in [3.05, 3.63) is 23.0 Å². The molecule has 0 aromatic heterocycles. The van der Waals surface area contributed by atoms with E-state index in [9.17, 15) is 50.0 Å². The number of allylic oxidation sites excluding steroid dienone is 1. The van der Waals surface area contributed by atoms with Gasteiger partial charge in [0.1, 0.15) is 35.0 Å². The van der Waals surface area contributed by atoms with Crippen molar-refractivity contribution in [2.75, 3.05) is 19.6 Å². The van der Waals surface area contributed by atoms with E-state index in [1.54, 1.807) is 6.92 Å². The lowest BCUT2D eigenvalue weighted by Gasteiger charge is -2.31. The quantitative estimate of drug-likeness (QED) is 0.326. The van der Waals surface area contributed by atoms with Gasteiger partial charge in [0.15, 0.2) is 0 Å². The number of halogens is 6. The second kappa shape index (κ2) is 14.6. The van der Waals surface area contributed by atoms with Gasteiger partial charge in [0.2, 0.25) is 33.7 Å². The topological polar surface area (TPSA) is 171 Å². The number of nitrogens with one attached hydrogen (secondary N) is 3. The molecule has 306 valence electrons. The van der Waals surface area contributed by atoms with E-state index in [1.165, 1.54) is 17.9 Å². The Kier molecular flexibility index (Phi) is 10.8. The van der Waals surface area contributed by atoms with Gasteiger partial charge in [-0.05, 0) is 76.7 Å². The first-order valence-electron chi connectivity index (χ1n) is 18.5. The zero-order valence-corrected chi connectivity index (χ0v) is 31.2. The number of carbonyl (C=O) groups is 5. The predicted octanol–water partition coefficient (Wildman–Crippen LogP) is 3.90. The molecule has 5 amide bonds. The van der Waals surface area contributed by atoms with Crippen molar-refractivity contribution in [1.29, 1.82) is 0 Å². The minimum atomic E-state index is -4.99. The fourth-order valence-corrected chi connectivity index (χ4v) is 9.23. The van der Waals surface area contributed by atoms with E-state index in [0.717, 1.165) is 4.90 Å². The Hall–Kier alpha value is -3.84. The average molecular weight is 810 g/mol. The zero-order valence-electron chi connectivity index (χ0n) is 30.4. The van der Waals surface area contributed by atoms with Crippen molar-refractivity contribution < 1.29 is 63.5 Å². The molecule has 5 fully saturated rings. The Bertz CT molecular complexity index is 1800. The molecule has 2 saturated heterocycles. The third-order valence-corrected chi connectivity index (χ3v) is 13.6. The summed E-state index contributed by atoms with van der Waals surface area (Å²) in [4.78, 5) is 70.3. The van der Waals surface area contributed by atoms with Gasteiger partial charge in [-0.1, -0.05) is 12.5 Å². The highest BCUT2D eigenvalue weighted by Crippen LogP contribution is 2.58. The Morgan fingerprint density at radius 3 is 2.29 bits per heavy atom. The fourth-order valence-electron chi connectivity index (χ4n) is 7.86. The highest BCUT2D eigenvalue weighted by molar-refractivity contribution is 7.91. The van der Waals surface area contributed by atoms with E-state index < -0.39 is 143 Å². The van der Waals surface area contributed by atoms with Crippen LogP contribution in [0, 0.1) is 11.3 Å². The zero-order chi connectivity index (χ0) is 40.3. The molecule has 0 unspecified atom stereocenters. The maximum absolute atomic E-state index is 15.2. The maximum atomic E-state index is 15.2. The van der Waals surface area contributed by atoms with Gasteiger partial charge in [-0.15, -0.1) is 0 Å². The molecule has 20 heteroatoms. The molecule has 0 aromatic rings. The summed E-state index contributed by atoms with van der Waals surface area (Å²) in [6, 6.07) is -3.53. The van der Waals surface area contributed by atoms with Crippen LogP contribution in [0.5, 0.6) is 0 Å². The van der Waals surface area contributed by atoms with Crippen LogP contribution in [0.25, 0.3) is 0 Å². The molecule has 13 nitrogen and oxygen atoms in total. The summed E-state index contributed by atoms with van der Waals surface area (Å²) in [5.41, 5.74) is -3.77. The molecule has 0 radical (unpaired) electrons. The number of sulfonamides is 1. The Morgan fingerprint density at radius 2 is 1.67 bits per heavy atom. The summed E-state index contributed by atoms with van der Waals surface area (Å²) in [5.74, 6) is -9.37. The number of hydrogen-bond acceptors (Lipinski definition) is 8. The van der Waals surface area contributed by atoms with E-state index >= 15 is 8.78 Å². The van der Waals surface area contributed by atoms with E-state index in [-0.39, 0.29) is 44.3 Å². The average Bonchev–Trinajstić information content (AvgIpc) is 4.03. The number of amides is 5. The first kappa shape index (κ1) is 40.8. The highest BCUT2D eigenvalue weighted by atomic mass is 32.2. The SMILES string of the molecule is C/C=C(/F)C1=C(C)CN(C(=O)O[C@@H]2C[C@H]3C(=O)N[C@]4(C(=O)NS(=O)(=O)C5CC5)C[C@H]4CCCCC(F)(F)CC[C@H](NC(=O)C4(C(F)(F)F)CC4)C(=O)N3C2)C1. The van der Waals surface area contributed by atoms with Crippen molar-refractivity contribution in [2.24, 2.45) is 11.3 Å². The van der Waals surface area contributed by atoms with Crippen LogP contribution in [0.2, 0.25) is 0 Å². The normalized spacial score (nSPS) is 31.4. The Balaban J connectivity index is 1.29. The lowest BCUT2D eigenvalue weighted by molar-refractivity contribution is -0.193. The molecule has 6 rings (SSSR count). The molecule has 0 bridgehead atoms. The largest absolute Gasteiger partial charge is 0.444 e. The number of rotatable bonds is 7. The molecule has 0 aromatic carbocycles. The van der Waals surface area contributed by atoms with Gasteiger partial charge in [-0.25, -0.2) is 26.4 Å². The summed E-state index contributed by atoms with van der Waals surface area (Å²) < 4.78 is 120. The first-order chi connectivity index (χ1) is 25.6. The molecular formula is C35H45F6N5O8S. The molecular weight excluding hydrogens is 764 g/mol. The lowest BCUT2D eigenvalue weighted by atomic mass is 9.99. The molecule has 3 N–H and O–H groups in total. The van der Waals surface area contributed by atoms with Crippen molar-refractivity contribution in [1.82, 2.24) is 25.2 Å². The van der Waals surface area contributed by atoms with Gasteiger partial charge in [0.05, 0.1) is 18.3 Å². The third kappa shape index (κ3) is 8.33. The molecule has 55 heavy (non-hydrogen) atoms. The molecule has 3 aliphatic carbocycles. The second-order valence-electron chi connectivity index (χ2n) is 15.8. The molecule has 3 saturated carbocycles. The van der Waals surface area contributed by atoms with Gasteiger partial charge < -0.3 is 20.3 Å². The molecule has 3 aliphatic heterocycles. The van der Waals surface area contributed by atoms with Crippen LogP contribution in [0.15, 0.2) is 23.0 Å². The van der Waals surface area contributed by atoms with Crippen molar-refractivity contribution in [3.8, 4) is 0 Å². The number of nitrogens with zero attached hydrogens (tertiary/aromatic N) is 2. The van der Waals surface area contributed by atoms with Crippen molar-refractivity contribution in [3.63, 3.8) is 0 Å². The standard InChI is InChI=1S/C35H45F6N5O8S/c1-3-24(36)23-18-45(16-19(23)2)31(51)54-21-14-26-27(47)43-34(30(50)44-55(52,53)22-7-8-22)15-20(34)6-4-5-10-33(37,38)11-9-25(28(48)46(26)17-21)42-29(49)32(12-13-32)35(39,40)41/h3,20-22,25-26H,4-18H2,1-2H3,(H,42,49)(H,43,47)(H,44,50)/b24-3+/t20-,21-,25+,26+,34-/m1/s1. The monoisotopic (exact) mass is 809 g/mol. The summed E-state index contributed by atoms with van der Waals surface area (Å²) >= 11 is 0. The Labute approximate surface area is 314 Å². The molecule has 3 heterocycles. The number of hydrogen-bond donors (Lipinski definition) is 3. The maximum Gasteiger partial charge on any atom is 0.410 e.